The van der Waals surface area contributed by atoms with Crippen LogP contribution < -0.4 is 10.6 Å². The maximum absolute atomic E-state index is 6.29. The molecule has 0 saturated heterocycles. The van der Waals surface area contributed by atoms with Crippen molar-refractivity contribution >= 4 is 45.8 Å². The quantitative estimate of drug-likeness (QED) is 0.469. The Kier molecular flexibility index (Phi) is 4.18. The smallest absolute Gasteiger partial charge is 0.229 e. The predicted molar refractivity (Wildman–Crippen MR) is 106 cm³/mol. The predicted octanol–water partition coefficient (Wildman–Crippen LogP) is 5.11. The van der Waals surface area contributed by atoms with Crippen molar-refractivity contribution in [1.29, 1.82) is 0 Å². The van der Waals surface area contributed by atoms with Crippen molar-refractivity contribution in [3.05, 3.63) is 64.8 Å². The van der Waals surface area contributed by atoms with Gasteiger partial charge in [0.1, 0.15) is 5.82 Å². The van der Waals surface area contributed by atoms with Crippen LogP contribution in [0, 0.1) is 13.8 Å². The lowest BCUT2D eigenvalue weighted by molar-refractivity contribution is 1.05. The molecule has 7 heteroatoms. The van der Waals surface area contributed by atoms with Crippen LogP contribution in [0.15, 0.2) is 48.5 Å². The average molecular weight is 365 g/mol. The molecule has 4 aromatic rings. The molecule has 0 unspecified atom stereocenters. The summed E-state index contributed by atoms with van der Waals surface area (Å²) >= 11 is 6.29. The van der Waals surface area contributed by atoms with Crippen molar-refractivity contribution in [2.75, 3.05) is 10.6 Å². The first-order valence-electron chi connectivity index (χ1n) is 8.17. The molecule has 2 aromatic carbocycles. The first-order chi connectivity index (χ1) is 12.6. The second-order valence-corrected chi connectivity index (χ2v) is 6.49. The van der Waals surface area contributed by atoms with E-state index >= 15 is 0 Å². The molecule has 0 aliphatic rings. The molecule has 0 aliphatic heterocycles. The van der Waals surface area contributed by atoms with Crippen molar-refractivity contribution < 1.29 is 0 Å². The van der Waals surface area contributed by atoms with Crippen LogP contribution >= 0.6 is 11.6 Å². The van der Waals surface area contributed by atoms with Gasteiger partial charge in [-0.3, -0.25) is 5.10 Å². The van der Waals surface area contributed by atoms with Crippen molar-refractivity contribution in [1.82, 2.24) is 20.2 Å². The highest BCUT2D eigenvalue weighted by Gasteiger charge is 2.10. The van der Waals surface area contributed by atoms with Gasteiger partial charge in [-0.2, -0.15) is 10.1 Å². The fraction of sp³-hybridized carbons (Fsp3) is 0.105. The third kappa shape index (κ3) is 3.32. The minimum Gasteiger partial charge on any atom is -0.323 e. The number of anilines is 4. The third-order valence-electron chi connectivity index (χ3n) is 3.92. The van der Waals surface area contributed by atoms with Gasteiger partial charge in [0.15, 0.2) is 5.82 Å². The number of fused-ring (bicyclic) bond motifs is 1. The normalized spacial score (nSPS) is 10.9. The number of halogens is 1. The Balaban J connectivity index is 1.77. The second kappa shape index (κ2) is 6.65. The zero-order chi connectivity index (χ0) is 18.1. The van der Waals surface area contributed by atoms with Gasteiger partial charge in [-0.25, -0.2) is 4.98 Å². The second-order valence-electron chi connectivity index (χ2n) is 6.08. The summed E-state index contributed by atoms with van der Waals surface area (Å²) < 4.78 is 0. The molecule has 2 aromatic heterocycles. The molecular formula is C19H17ClN6. The molecule has 130 valence electrons. The SMILES string of the molecule is Cc1ccc(Cl)c(Nc2nc(Nc3cc(C)[nH]n3)c3ccccc3n2)c1. The zero-order valence-corrected chi connectivity index (χ0v) is 15.1. The van der Waals surface area contributed by atoms with E-state index in [4.69, 9.17) is 11.6 Å². The molecule has 0 spiro atoms. The van der Waals surface area contributed by atoms with Crippen LogP contribution in [-0.4, -0.2) is 20.2 Å². The van der Waals surface area contributed by atoms with E-state index in [0.29, 0.717) is 22.6 Å². The van der Waals surface area contributed by atoms with Gasteiger partial charge in [-0.15, -0.1) is 0 Å². The number of aromatic amines is 1. The lowest BCUT2D eigenvalue weighted by Crippen LogP contribution is -2.03. The Morgan fingerprint density at radius 3 is 2.62 bits per heavy atom. The topological polar surface area (TPSA) is 78.5 Å². The molecule has 0 saturated carbocycles. The summed E-state index contributed by atoms with van der Waals surface area (Å²) in [4.78, 5) is 9.23. The number of rotatable bonds is 4. The minimum absolute atomic E-state index is 0.464. The van der Waals surface area contributed by atoms with Gasteiger partial charge < -0.3 is 10.6 Å². The molecule has 2 heterocycles. The molecule has 0 bridgehead atoms. The monoisotopic (exact) mass is 364 g/mol. The molecule has 0 amide bonds. The summed E-state index contributed by atoms with van der Waals surface area (Å²) in [6, 6.07) is 15.5. The Bertz CT molecular complexity index is 1090. The molecule has 3 N–H and O–H groups in total. The van der Waals surface area contributed by atoms with E-state index in [1.165, 1.54) is 0 Å². The Hall–Kier alpha value is -3.12. The van der Waals surface area contributed by atoms with Crippen LogP contribution in [0.3, 0.4) is 0 Å². The number of hydrogen-bond donors (Lipinski definition) is 3. The Labute approximate surface area is 155 Å². The van der Waals surface area contributed by atoms with Crippen molar-refractivity contribution in [3.63, 3.8) is 0 Å². The fourth-order valence-corrected chi connectivity index (χ4v) is 2.85. The van der Waals surface area contributed by atoms with Crippen molar-refractivity contribution in [2.24, 2.45) is 0 Å². The molecule has 6 nitrogen and oxygen atoms in total. The molecular weight excluding hydrogens is 348 g/mol. The van der Waals surface area contributed by atoms with Crippen molar-refractivity contribution in [3.8, 4) is 0 Å². The van der Waals surface area contributed by atoms with Crippen LogP contribution in [0.4, 0.5) is 23.3 Å². The molecule has 0 atom stereocenters. The molecule has 4 rings (SSSR count). The average Bonchev–Trinajstić information content (AvgIpc) is 3.03. The summed E-state index contributed by atoms with van der Waals surface area (Å²) in [5, 5.41) is 15.1. The maximum Gasteiger partial charge on any atom is 0.229 e. The number of aromatic nitrogens is 4. The summed E-state index contributed by atoms with van der Waals surface area (Å²) in [5.74, 6) is 1.84. The lowest BCUT2D eigenvalue weighted by atomic mass is 10.2. The van der Waals surface area contributed by atoms with Gasteiger partial charge in [0.05, 0.1) is 16.2 Å². The van der Waals surface area contributed by atoms with Crippen molar-refractivity contribution in [2.45, 2.75) is 13.8 Å². The van der Waals surface area contributed by atoms with E-state index in [-0.39, 0.29) is 0 Å². The van der Waals surface area contributed by atoms with E-state index in [1.54, 1.807) is 0 Å². The first kappa shape index (κ1) is 16.4. The number of nitrogens with zero attached hydrogens (tertiary/aromatic N) is 3. The summed E-state index contributed by atoms with van der Waals surface area (Å²) in [6.45, 7) is 3.96. The fourth-order valence-electron chi connectivity index (χ4n) is 2.69. The summed E-state index contributed by atoms with van der Waals surface area (Å²) in [7, 11) is 0. The molecule has 0 fully saturated rings. The van der Waals surface area contributed by atoms with Gasteiger partial charge in [0, 0.05) is 17.1 Å². The van der Waals surface area contributed by atoms with Crippen LogP contribution in [-0.2, 0) is 0 Å². The van der Waals surface area contributed by atoms with Crippen LogP contribution in [0.1, 0.15) is 11.3 Å². The Morgan fingerprint density at radius 2 is 1.81 bits per heavy atom. The van der Waals surface area contributed by atoms with Crippen LogP contribution in [0.2, 0.25) is 5.02 Å². The zero-order valence-electron chi connectivity index (χ0n) is 14.3. The first-order valence-corrected chi connectivity index (χ1v) is 8.55. The van der Waals surface area contributed by atoms with Crippen LogP contribution in [0.25, 0.3) is 10.9 Å². The van der Waals surface area contributed by atoms with E-state index in [1.807, 2.05) is 62.4 Å². The van der Waals surface area contributed by atoms with Crippen LogP contribution in [0.5, 0.6) is 0 Å². The highest BCUT2D eigenvalue weighted by molar-refractivity contribution is 6.33. The lowest BCUT2D eigenvalue weighted by Gasteiger charge is -2.12. The number of benzene rings is 2. The summed E-state index contributed by atoms with van der Waals surface area (Å²) in [6.07, 6.45) is 0. The number of para-hydroxylation sites is 1. The highest BCUT2D eigenvalue weighted by atomic mass is 35.5. The maximum atomic E-state index is 6.29. The molecule has 0 aliphatic carbocycles. The van der Waals surface area contributed by atoms with E-state index in [2.05, 4.69) is 30.8 Å². The van der Waals surface area contributed by atoms with E-state index in [0.717, 1.165) is 27.8 Å². The van der Waals surface area contributed by atoms with Gasteiger partial charge in [-0.05, 0) is 43.7 Å². The number of aryl methyl sites for hydroxylation is 2. The largest absolute Gasteiger partial charge is 0.323 e. The highest BCUT2D eigenvalue weighted by Crippen LogP contribution is 2.29. The van der Waals surface area contributed by atoms with E-state index in [9.17, 15) is 0 Å². The minimum atomic E-state index is 0.464. The third-order valence-corrected chi connectivity index (χ3v) is 4.25. The molecule has 0 radical (unpaired) electrons. The van der Waals surface area contributed by atoms with Gasteiger partial charge in [-0.1, -0.05) is 29.8 Å². The number of hydrogen-bond acceptors (Lipinski definition) is 5. The van der Waals surface area contributed by atoms with E-state index < -0.39 is 0 Å². The number of H-pyrrole nitrogens is 1. The number of nitrogens with one attached hydrogen (secondary N) is 3. The van der Waals surface area contributed by atoms with Gasteiger partial charge in [0.2, 0.25) is 5.95 Å². The Morgan fingerprint density at radius 1 is 0.962 bits per heavy atom. The summed E-state index contributed by atoms with van der Waals surface area (Å²) in [5.41, 5.74) is 3.66. The standard InChI is InChI=1S/C19H17ClN6/c1-11-7-8-14(20)16(9-11)22-19-21-15-6-4-3-5-13(15)18(24-19)23-17-10-12(2)25-26-17/h3-10H,1-2H3,(H3,21,22,23,24,25,26). The van der Waals surface area contributed by atoms with Gasteiger partial charge >= 0.3 is 0 Å². The van der Waals surface area contributed by atoms with Gasteiger partial charge in [0.25, 0.3) is 0 Å². The molecule has 26 heavy (non-hydrogen) atoms.